The van der Waals surface area contributed by atoms with Crippen molar-refractivity contribution in [2.75, 3.05) is 39.6 Å². The summed E-state index contributed by atoms with van der Waals surface area (Å²) in [6.45, 7) is 2.46. The first-order chi connectivity index (χ1) is 40.2. The SMILES string of the molecule is CC/C=C\C/C=C\C/C=C\C/C=C\C/C=C\CCCCCC(=O)OCC(O)COP(=O)(O)OCC(O)COP(=O)(O)OCC(COC(=O)CCCCCCC/C=C\CCCCCCCC)OC(=O)CCCCCCC/C=C\CCCCCC. The fourth-order valence-corrected chi connectivity index (χ4v) is 9.76. The molecule has 0 aromatic heterocycles. The zero-order valence-corrected chi connectivity index (χ0v) is 53.4. The highest BCUT2D eigenvalue weighted by atomic mass is 31.2. The van der Waals surface area contributed by atoms with E-state index in [1.165, 1.54) is 64.2 Å². The molecule has 18 heteroatoms. The second-order valence-corrected chi connectivity index (χ2v) is 24.1. The summed E-state index contributed by atoms with van der Waals surface area (Å²) < 4.78 is 60.7. The number of hydrogen-bond acceptors (Lipinski definition) is 14. The van der Waals surface area contributed by atoms with Crippen molar-refractivity contribution in [2.24, 2.45) is 0 Å². The molecule has 0 aliphatic carbocycles. The molecule has 83 heavy (non-hydrogen) atoms. The van der Waals surface area contributed by atoms with Gasteiger partial charge in [-0.2, -0.15) is 0 Å². The Labute approximate surface area is 502 Å². The van der Waals surface area contributed by atoms with Crippen molar-refractivity contribution in [3.63, 3.8) is 0 Å². The van der Waals surface area contributed by atoms with E-state index in [2.05, 4.69) is 106 Å². The Kier molecular flexibility index (Phi) is 56.8. The number of carbonyl (C=O) groups excluding carboxylic acids is 3. The van der Waals surface area contributed by atoms with Crippen LogP contribution >= 0.6 is 15.6 Å². The molecule has 16 nitrogen and oxygen atoms in total. The van der Waals surface area contributed by atoms with Gasteiger partial charge in [0.2, 0.25) is 0 Å². The molecule has 0 radical (unpaired) electrons. The third-order valence-electron chi connectivity index (χ3n) is 13.1. The van der Waals surface area contributed by atoms with Gasteiger partial charge >= 0.3 is 33.6 Å². The summed E-state index contributed by atoms with van der Waals surface area (Å²) in [5, 5.41) is 20.5. The maximum absolute atomic E-state index is 12.9. The topological polar surface area (TPSA) is 231 Å². The lowest BCUT2D eigenvalue weighted by molar-refractivity contribution is -0.161. The number of allylic oxidation sites excluding steroid dienone is 14. The summed E-state index contributed by atoms with van der Waals surface area (Å²) in [6, 6.07) is 0. The normalized spacial score (nSPS) is 14.9. The van der Waals surface area contributed by atoms with Gasteiger partial charge in [-0.1, -0.05) is 202 Å². The fraction of sp³-hybridized carbons (Fsp3) is 0.738. The standard InChI is InChI=1S/C65H114O16P2/c1-4-7-10-13-16-19-22-25-27-28-29-30-32-35-36-39-42-45-48-51-63(68)75-54-60(66)55-77-82(71,72)78-56-61(67)57-79-83(73,74)80-59-62(81-65(70)53-50-47-44-41-38-33-24-21-18-15-12-9-6-3)58-76-64(69)52-49-46-43-40-37-34-31-26-23-20-17-14-11-8-5-2/h7,10,16,19,21,24-27,29-31,35-36,60-62,66-67H,4-6,8-9,11-15,17-18,20,22-23,28,32-34,37-59H2,1-3H3,(H,71,72)(H,73,74)/b10-7-,19-16-,24-21-,27-25-,30-29-,31-26-,36-35-. The molecule has 0 aliphatic rings. The van der Waals surface area contributed by atoms with Crippen LogP contribution in [0.1, 0.15) is 252 Å². The van der Waals surface area contributed by atoms with Gasteiger partial charge in [0.15, 0.2) is 6.10 Å². The average Bonchev–Trinajstić information content (AvgIpc) is 3.46. The van der Waals surface area contributed by atoms with Crippen LogP contribution in [0.5, 0.6) is 0 Å². The molecule has 0 saturated heterocycles. The van der Waals surface area contributed by atoms with Crippen LogP contribution in [0.15, 0.2) is 85.1 Å². The van der Waals surface area contributed by atoms with Gasteiger partial charge in [-0.05, 0) is 116 Å². The van der Waals surface area contributed by atoms with E-state index in [1.807, 2.05) is 0 Å². The molecule has 0 aromatic carbocycles. The van der Waals surface area contributed by atoms with Gasteiger partial charge in [-0.25, -0.2) is 9.13 Å². The van der Waals surface area contributed by atoms with E-state index in [-0.39, 0.29) is 19.3 Å². The van der Waals surface area contributed by atoms with Crippen LogP contribution in [-0.4, -0.2) is 95.9 Å². The van der Waals surface area contributed by atoms with Crippen molar-refractivity contribution in [3.8, 4) is 0 Å². The minimum absolute atomic E-state index is 0.0929. The van der Waals surface area contributed by atoms with E-state index in [0.29, 0.717) is 19.3 Å². The zero-order valence-electron chi connectivity index (χ0n) is 51.6. The van der Waals surface area contributed by atoms with E-state index in [1.54, 1.807) is 0 Å². The van der Waals surface area contributed by atoms with Gasteiger partial charge in [0.05, 0.1) is 26.4 Å². The third kappa shape index (κ3) is 60.2. The molecule has 0 aliphatic heterocycles. The van der Waals surface area contributed by atoms with E-state index in [0.717, 1.165) is 128 Å². The van der Waals surface area contributed by atoms with Crippen LogP contribution in [0.4, 0.5) is 0 Å². The summed E-state index contributed by atoms with van der Waals surface area (Å²) in [4.78, 5) is 58.2. The minimum atomic E-state index is -4.92. The number of aliphatic hydroxyl groups excluding tert-OH is 2. The molecule has 0 heterocycles. The van der Waals surface area contributed by atoms with Gasteiger partial charge in [-0.15, -0.1) is 0 Å². The zero-order chi connectivity index (χ0) is 61.0. The van der Waals surface area contributed by atoms with Crippen LogP contribution in [0, 0.1) is 0 Å². The molecule has 0 rings (SSSR count). The quantitative estimate of drug-likeness (QED) is 0.0146. The largest absolute Gasteiger partial charge is 0.472 e. The van der Waals surface area contributed by atoms with E-state index in [4.69, 9.17) is 32.3 Å². The molecule has 0 bridgehead atoms. The number of phosphoric acid groups is 2. The first kappa shape index (κ1) is 79.7. The summed E-state index contributed by atoms with van der Waals surface area (Å²) in [5.74, 6) is -1.62. The molecule has 5 unspecified atom stereocenters. The van der Waals surface area contributed by atoms with Crippen molar-refractivity contribution in [2.45, 2.75) is 270 Å². The predicted molar refractivity (Wildman–Crippen MR) is 334 cm³/mol. The first-order valence-electron chi connectivity index (χ1n) is 31.9. The summed E-state index contributed by atoms with van der Waals surface area (Å²) >= 11 is 0. The van der Waals surface area contributed by atoms with Crippen LogP contribution in [0.25, 0.3) is 0 Å². The van der Waals surface area contributed by atoms with Gasteiger partial charge in [0.25, 0.3) is 0 Å². The number of phosphoric ester groups is 2. The number of aliphatic hydroxyl groups is 2. The lowest BCUT2D eigenvalue weighted by Gasteiger charge is -2.21. The van der Waals surface area contributed by atoms with Crippen LogP contribution in [0.3, 0.4) is 0 Å². The highest BCUT2D eigenvalue weighted by Crippen LogP contribution is 2.45. The molecule has 0 amide bonds. The van der Waals surface area contributed by atoms with Gasteiger partial charge in [-0.3, -0.25) is 32.5 Å². The molecule has 480 valence electrons. The molecule has 0 spiro atoms. The smallest absolute Gasteiger partial charge is 0.463 e. The number of ether oxygens (including phenoxy) is 3. The van der Waals surface area contributed by atoms with Gasteiger partial charge in [0, 0.05) is 19.3 Å². The minimum Gasteiger partial charge on any atom is -0.463 e. The van der Waals surface area contributed by atoms with Crippen molar-refractivity contribution in [1.29, 1.82) is 0 Å². The number of hydrogen-bond donors (Lipinski definition) is 4. The van der Waals surface area contributed by atoms with E-state index >= 15 is 0 Å². The highest BCUT2D eigenvalue weighted by molar-refractivity contribution is 7.47. The van der Waals surface area contributed by atoms with Crippen molar-refractivity contribution < 1.29 is 75.8 Å². The lowest BCUT2D eigenvalue weighted by Crippen LogP contribution is -2.30. The maximum atomic E-state index is 12.9. The highest BCUT2D eigenvalue weighted by Gasteiger charge is 2.29. The number of carbonyl (C=O) groups is 3. The molecular weight excluding hydrogens is 1100 g/mol. The molecule has 5 atom stereocenters. The van der Waals surface area contributed by atoms with Gasteiger partial charge in [0.1, 0.15) is 25.4 Å². The number of unbranched alkanes of at least 4 members (excludes halogenated alkanes) is 23. The fourth-order valence-electron chi connectivity index (χ4n) is 8.17. The Hall–Kier alpha value is -3.27. The second kappa shape index (κ2) is 59.1. The Balaban J connectivity index is 4.68. The number of rotatable bonds is 60. The first-order valence-corrected chi connectivity index (χ1v) is 34.9. The monoisotopic (exact) mass is 1210 g/mol. The van der Waals surface area contributed by atoms with E-state index in [9.17, 15) is 43.5 Å². The predicted octanol–water partition coefficient (Wildman–Crippen LogP) is 17.0. The number of esters is 3. The third-order valence-corrected chi connectivity index (χ3v) is 15.0. The van der Waals surface area contributed by atoms with Gasteiger partial charge < -0.3 is 34.2 Å². The maximum Gasteiger partial charge on any atom is 0.472 e. The molecule has 0 aromatic rings. The summed E-state index contributed by atoms with van der Waals surface area (Å²) in [6.07, 6.45) is 60.7. The Bertz CT molecular complexity index is 1860. The molecule has 4 N–H and O–H groups in total. The van der Waals surface area contributed by atoms with Crippen LogP contribution in [-0.2, 0) is 55.8 Å². The van der Waals surface area contributed by atoms with Crippen molar-refractivity contribution >= 4 is 33.6 Å². The Morgan fingerprint density at radius 2 is 0.639 bits per heavy atom. The Morgan fingerprint density at radius 1 is 0.349 bits per heavy atom. The average molecular weight is 1210 g/mol. The summed E-state index contributed by atoms with van der Waals surface area (Å²) in [7, 11) is -9.78. The van der Waals surface area contributed by atoms with Crippen LogP contribution < -0.4 is 0 Å². The second-order valence-electron chi connectivity index (χ2n) is 21.2. The molecule has 0 fully saturated rings. The summed E-state index contributed by atoms with van der Waals surface area (Å²) in [5.41, 5.74) is 0. The Morgan fingerprint density at radius 3 is 1.05 bits per heavy atom. The molecular formula is C65H114O16P2. The van der Waals surface area contributed by atoms with Crippen molar-refractivity contribution in [3.05, 3.63) is 85.1 Å². The lowest BCUT2D eigenvalue weighted by atomic mass is 10.1. The molecule has 0 saturated carbocycles. The van der Waals surface area contributed by atoms with Crippen molar-refractivity contribution in [1.82, 2.24) is 0 Å². The van der Waals surface area contributed by atoms with E-state index < -0.39 is 91.5 Å². The van der Waals surface area contributed by atoms with Crippen LogP contribution in [0.2, 0.25) is 0 Å².